The number of phosphoric acid groups is 2. The Kier molecular flexibility index (Phi) is 68.1. The molecule has 0 fully saturated rings. The fourth-order valence-electron chi connectivity index (χ4n) is 12.1. The van der Waals surface area contributed by atoms with Gasteiger partial charge in [0.2, 0.25) is 0 Å². The van der Waals surface area contributed by atoms with E-state index >= 15 is 0 Å². The molecule has 0 bridgehead atoms. The summed E-state index contributed by atoms with van der Waals surface area (Å²) < 4.78 is 68.6. The maximum Gasteiger partial charge on any atom is 0.472 e. The summed E-state index contributed by atoms with van der Waals surface area (Å²) in [6.07, 6.45) is 56.8. The van der Waals surface area contributed by atoms with Crippen LogP contribution in [0.15, 0.2) is 0 Å². The number of carbonyl (C=O) groups excluding carboxylic acids is 4. The first-order valence-electron chi connectivity index (χ1n) is 40.8. The molecule has 0 saturated heterocycles. The van der Waals surface area contributed by atoms with Crippen molar-refractivity contribution in [2.45, 2.75) is 426 Å². The van der Waals surface area contributed by atoms with Crippen molar-refractivity contribution in [2.24, 2.45) is 17.8 Å². The minimum atomic E-state index is -4.96. The molecule has 19 heteroatoms. The molecule has 0 saturated carbocycles. The zero-order chi connectivity index (χ0) is 72.3. The highest BCUT2D eigenvalue weighted by Gasteiger charge is 2.30. The van der Waals surface area contributed by atoms with Gasteiger partial charge in [0, 0.05) is 25.7 Å². The van der Waals surface area contributed by atoms with E-state index in [2.05, 4.69) is 48.5 Å². The van der Waals surface area contributed by atoms with Crippen LogP contribution in [-0.4, -0.2) is 96.7 Å². The van der Waals surface area contributed by atoms with Crippen molar-refractivity contribution in [3.63, 3.8) is 0 Å². The van der Waals surface area contributed by atoms with E-state index in [9.17, 15) is 43.2 Å². The predicted molar refractivity (Wildman–Crippen MR) is 400 cm³/mol. The average molecular weight is 1440 g/mol. The van der Waals surface area contributed by atoms with Gasteiger partial charge in [0.05, 0.1) is 26.4 Å². The van der Waals surface area contributed by atoms with Gasteiger partial charge in [0.25, 0.3) is 0 Å². The van der Waals surface area contributed by atoms with Gasteiger partial charge < -0.3 is 33.8 Å². The Morgan fingerprint density at radius 1 is 0.276 bits per heavy atom. The zero-order valence-corrected chi connectivity index (χ0v) is 66.0. The molecule has 0 aliphatic carbocycles. The standard InChI is InChI=1S/C79H154O17P2/c1-8-9-10-11-12-13-32-39-46-53-60-76(81)89-66-74(96-79(84)63-56-49-42-35-28-22-25-31-38-45-52-59-72(6)7)68-93-97(85,86)91-64-73(80)65-92-98(87,88)94-69-75(67-90-77(82)61-54-47-40-33-26-21-17-19-24-30-37-44-51-58-71(4)5)95-78(83)62-55-48-41-34-27-20-16-14-15-18-23-29-36-43-50-57-70(2)3/h70-75,80H,8-69H2,1-7H3,(H,85,86)(H,87,88)/t73-,74+,75+/m0/s1. The molecule has 2 unspecified atom stereocenters. The lowest BCUT2D eigenvalue weighted by molar-refractivity contribution is -0.161. The third kappa shape index (κ3) is 72.4. The number of aliphatic hydroxyl groups excluding tert-OH is 1. The second kappa shape index (κ2) is 69.4. The molecule has 0 aromatic heterocycles. The number of aliphatic hydroxyl groups is 1. The molecule has 0 rings (SSSR count). The van der Waals surface area contributed by atoms with Crippen LogP contribution in [-0.2, 0) is 65.4 Å². The molecule has 98 heavy (non-hydrogen) atoms. The first-order valence-corrected chi connectivity index (χ1v) is 43.8. The molecule has 0 radical (unpaired) electrons. The van der Waals surface area contributed by atoms with Crippen LogP contribution in [0.4, 0.5) is 0 Å². The van der Waals surface area contributed by atoms with Crippen LogP contribution in [0.1, 0.15) is 408 Å². The SMILES string of the molecule is CCCCCCCCCCCCC(=O)OC[C@H](COP(=O)(O)OC[C@H](O)COP(=O)(O)OC[C@@H](COC(=O)CCCCCCCCCCCCCCCC(C)C)OC(=O)CCCCCCCCCCCCCCCCCC(C)C)OC(=O)CCCCCCCCCCCCCC(C)C. The maximum absolute atomic E-state index is 13.1. The molecular weight excluding hydrogens is 1280 g/mol. The smallest absolute Gasteiger partial charge is 0.462 e. The Morgan fingerprint density at radius 2 is 0.469 bits per heavy atom. The van der Waals surface area contributed by atoms with Crippen molar-refractivity contribution >= 4 is 39.5 Å². The van der Waals surface area contributed by atoms with Crippen molar-refractivity contribution in [3.05, 3.63) is 0 Å². The van der Waals surface area contributed by atoms with Crippen LogP contribution in [0.3, 0.4) is 0 Å². The van der Waals surface area contributed by atoms with E-state index in [0.29, 0.717) is 25.7 Å². The van der Waals surface area contributed by atoms with Crippen LogP contribution in [0.2, 0.25) is 0 Å². The number of carbonyl (C=O) groups is 4. The molecule has 0 aromatic rings. The molecule has 582 valence electrons. The van der Waals surface area contributed by atoms with Crippen molar-refractivity contribution in [1.29, 1.82) is 0 Å². The largest absolute Gasteiger partial charge is 0.472 e. The van der Waals surface area contributed by atoms with Crippen molar-refractivity contribution in [3.8, 4) is 0 Å². The Hall–Kier alpha value is -1.94. The van der Waals surface area contributed by atoms with Gasteiger partial charge in [-0.25, -0.2) is 9.13 Å². The molecule has 0 heterocycles. The van der Waals surface area contributed by atoms with Gasteiger partial charge in [-0.1, -0.05) is 357 Å². The normalized spacial score (nSPS) is 14.0. The molecule has 0 amide bonds. The fraction of sp³-hybridized carbons (Fsp3) is 0.949. The van der Waals surface area contributed by atoms with E-state index in [0.717, 1.165) is 108 Å². The summed E-state index contributed by atoms with van der Waals surface area (Å²) in [5, 5.41) is 10.6. The van der Waals surface area contributed by atoms with Gasteiger partial charge in [0.15, 0.2) is 12.2 Å². The molecule has 0 aromatic carbocycles. The Labute approximate surface area is 600 Å². The zero-order valence-electron chi connectivity index (χ0n) is 64.3. The fourth-order valence-corrected chi connectivity index (χ4v) is 13.7. The lowest BCUT2D eigenvalue weighted by Crippen LogP contribution is -2.30. The maximum atomic E-state index is 13.1. The summed E-state index contributed by atoms with van der Waals surface area (Å²) in [5.74, 6) is 0.246. The van der Waals surface area contributed by atoms with Gasteiger partial charge in [0.1, 0.15) is 19.3 Å². The molecule has 5 atom stereocenters. The highest BCUT2D eigenvalue weighted by atomic mass is 31.2. The summed E-state index contributed by atoms with van der Waals surface area (Å²) >= 11 is 0. The van der Waals surface area contributed by atoms with E-state index in [1.807, 2.05) is 0 Å². The van der Waals surface area contributed by atoms with Crippen LogP contribution < -0.4 is 0 Å². The predicted octanol–water partition coefficient (Wildman–Crippen LogP) is 23.4. The summed E-state index contributed by atoms with van der Waals surface area (Å²) in [4.78, 5) is 72.9. The lowest BCUT2D eigenvalue weighted by atomic mass is 10.0. The van der Waals surface area contributed by atoms with Gasteiger partial charge >= 0.3 is 39.5 Å². The van der Waals surface area contributed by atoms with Gasteiger partial charge in [-0.15, -0.1) is 0 Å². The van der Waals surface area contributed by atoms with Crippen molar-refractivity contribution in [1.82, 2.24) is 0 Å². The average Bonchev–Trinajstić information content (AvgIpc) is 1.10. The summed E-state index contributed by atoms with van der Waals surface area (Å²) in [5.41, 5.74) is 0. The number of phosphoric ester groups is 2. The first kappa shape index (κ1) is 96.1. The highest BCUT2D eigenvalue weighted by Crippen LogP contribution is 2.45. The third-order valence-corrected chi connectivity index (χ3v) is 20.3. The molecular formula is C79H154O17P2. The quantitative estimate of drug-likeness (QED) is 0.0222. The van der Waals surface area contributed by atoms with E-state index in [1.54, 1.807) is 0 Å². The summed E-state index contributed by atoms with van der Waals surface area (Å²) in [6.45, 7) is 12.0. The number of rotatable bonds is 77. The van der Waals surface area contributed by atoms with Gasteiger partial charge in [-0.2, -0.15) is 0 Å². The Bertz CT molecular complexity index is 1900. The Morgan fingerprint density at radius 3 is 0.694 bits per heavy atom. The Balaban J connectivity index is 5.25. The summed E-state index contributed by atoms with van der Waals surface area (Å²) in [7, 11) is -9.92. The number of hydrogen-bond donors (Lipinski definition) is 3. The molecule has 0 aliphatic rings. The number of unbranched alkanes of at least 4 members (excludes halogenated alkanes) is 45. The van der Waals surface area contributed by atoms with E-state index in [-0.39, 0.29) is 25.7 Å². The van der Waals surface area contributed by atoms with Gasteiger partial charge in [-0.3, -0.25) is 37.3 Å². The number of ether oxygens (including phenoxy) is 4. The monoisotopic (exact) mass is 1440 g/mol. The molecule has 17 nitrogen and oxygen atoms in total. The van der Waals surface area contributed by atoms with Crippen molar-refractivity contribution in [2.75, 3.05) is 39.6 Å². The molecule has 0 spiro atoms. The molecule has 3 N–H and O–H groups in total. The molecule has 0 aliphatic heterocycles. The van der Waals surface area contributed by atoms with Crippen LogP contribution in [0.5, 0.6) is 0 Å². The topological polar surface area (TPSA) is 237 Å². The van der Waals surface area contributed by atoms with Crippen LogP contribution in [0, 0.1) is 17.8 Å². The lowest BCUT2D eigenvalue weighted by Gasteiger charge is -2.21. The summed E-state index contributed by atoms with van der Waals surface area (Å²) in [6, 6.07) is 0. The highest BCUT2D eigenvalue weighted by molar-refractivity contribution is 7.47. The second-order valence-electron chi connectivity index (χ2n) is 29.9. The second-order valence-corrected chi connectivity index (χ2v) is 32.8. The van der Waals surface area contributed by atoms with E-state index in [4.69, 9.17) is 37.0 Å². The van der Waals surface area contributed by atoms with Crippen LogP contribution in [0.25, 0.3) is 0 Å². The number of esters is 4. The van der Waals surface area contributed by atoms with E-state index in [1.165, 1.54) is 218 Å². The third-order valence-electron chi connectivity index (χ3n) is 18.4. The minimum absolute atomic E-state index is 0.106. The number of hydrogen-bond acceptors (Lipinski definition) is 15. The van der Waals surface area contributed by atoms with E-state index < -0.39 is 97.5 Å². The van der Waals surface area contributed by atoms with Crippen LogP contribution >= 0.6 is 15.6 Å². The van der Waals surface area contributed by atoms with Gasteiger partial charge in [-0.05, 0) is 43.4 Å². The minimum Gasteiger partial charge on any atom is -0.462 e. The first-order chi connectivity index (χ1) is 47.2. The van der Waals surface area contributed by atoms with Crippen molar-refractivity contribution < 1.29 is 80.2 Å².